The molecule has 1 aromatic carbocycles. The van der Waals surface area contributed by atoms with Crippen molar-refractivity contribution in [3.05, 3.63) is 22.6 Å². The predicted molar refractivity (Wildman–Crippen MR) is 56.0 cm³/mol. The summed E-state index contributed by atoms with van der Waals surface area (Å²) in [5.74, 6) is -2.39. The zero-order chi connectivity index (χ0) is 13.1. The van der Waals surface area contributed by atoms with Crippen molar-refractivity contribution in [1.82, 2.24) is 0 Å². The van der Waals surface area contributed by atoms with Gasteiger partial charge in [0.05, 0.1) is 0 Å². The molecule has 0 amide bonds. The summed E-state index contributed by atoms with van der Waals surface area (Å²) < 4.78 is 35.9. The van der Waals surface area contributed by atoms with Crippen LogP contribution < -0.4 is 14.0 Å². The van der Waals surface area contributed by atoms with Gasteiger partial charge in [-0.25, -0.2) is 4.79 Å². The van der Waals surface area contributed by atoms with Crippen molar-refractivity contribution in [3.63, 3.8) is 0 Å². The number of hydrogen-bond acceptors (Lipinski definition) is 8. The van der Waals surface area contributed by atoms with Gasteiger partial charge in [-0.05, 0) is 12.1 Å². The highest BCUT2D eigenvalue weighted by atomic mass is 32.3. The van der Waals surface area contributed by atoms with Gasteiger partial charge in [-0.2, -0.15) is 0 Å². The maximum atomic E-state index is 11.1. The molecule has 0 spiro atoms. The van der Waals surface area contributed by atoms with Gasteiger partial charge in [-0.3, -0.25) is 0 Å². The molecule has 3 rings (SSSR count). The summed E-state index contributed by atoms with van der Waals surface area (Å²) in [5.41, 5.74) is -1.29. The predicted octanol–water partition coefficient (Wildman–Crippen LogP) is 0.220. The van der Waals surface area contributed by atoms with Crippen molar-refractivity contribution in [1.29, 1.82) is 0 Å². The van der Waals surface area contributed by atoms with Crippen LogP contribution in [0.2, 0.25) is 0 Å². The summed E-state index contributed by atoms with van der Waals surface area (Å²) in [7, 11) is -4.25. The van der Waals surface area contributed by atoms with Crippen molar-refractivity contribution < 1.29 is 31.4 Å². The van der Waals surface area contributed by atoms with Crippen LogP contribution in [-0.4, -0.2) is 18.6 Å². The van der Waals surface area contributed by atoms with E-state index < -0.39 is 27.5 Å². The Labute approximate surface area is 98.9 Å². The number of aromatic hydroxyl groups is 2. The smallest absolute Gasteiger partial charge is 0.501 e. The molecule has 2 aromatic rings. The molecule has 9 heteroatoms. The van der Waals surface area contributed by atoms with Crippen molar-refractivity contribution in [2.75, 3.05) is 0 Å². The van der Waals surface area contributed by atoms with Crippen LogP contribution in [0.25, 0.3) is 11.0 Å². The lowest BCUT2D eigenvalue weighted by atomic mass is 10.2. The van der Waals surface area contributed by atoms with E-state index in [1.807, 2.05) is 0 Å². The first-order valence-corrected chi connectivity index (χ1v) is 5.88. The minimum Gasteiger partial charge on any atom is -0.503 e. The molecular weight excluding hydrogens is 268 g/mol. The van der Waals surface area contributed by atoms with Crippen LogP contribution in [-0.2, 0) is 10.4 Å². The highest BCUT2D eigenvalue weighted by Crippen LogP contribution is 2.46. The van der Waals surface area contributed by atoms with Gasteiger partial charge in [0.2, 0.25) is 11.5 Å². The Bertz CT molecular complexity index is 832. The quantitative estimate of drug-likeness (QED) is 0.653. The van der Waals surface area contributed by atoms with Crippen molar-refractivity contribution in [2.24, 2.45) is 0 Å². The molecular formula is C9H4O8S. The van der Waals surface area contributed by atoms with E-state index in [2.05, 4.69) is 12.8 Å². The maximum absolute atomic E-state index is 11.1. The van der Waals surface area contributed by atoms with E-state index in [0.29, 0.717) is 0 Å². The van der Waals surface area contributed by atoms with E-state index in [0.717, 1.165) is 0 Å². The second kappa shape index (κ2) is 3.07. The highest BCUT2D eigenvalue weighted by molar-refractivity contribution is 7.82. The van der Waals surface area contributed by atoms with Crippen molar-refractivity contribution in [2.45, 2.75) is 0 Å². The third-order valence-corrected chi connectivity index (χ3v) is 3.07. The molecule has 0 saturated carbocycles. The molecule has 0 fully saturated rings. The normalized spacial score (nSPS) is 16.0. The minimum absolute atomic E-state index is 0.144. The van der Waals surface area contributed by atoms with Crippen LogP contribution in [0, 0.1) is 0 Å². The Balaban J connectivity index is 2.49. The fourth-order valence-corrected chi connectivity index (χ4v) is 2.35. The van der Waals surface area contributed by atoms with Gasteiger partial charge < -0.3 is 23.0 Å². The Kier molecular flexibility index (Phi) is 1.83. The topological polar surface area (TPSA) is 123 Å². The van der Waals surface area contributed by atoms with E-state index in [1.54, 1.807) is 0 Å². The largest absolute Gasteiger partial charge is 0.503 e. The van der Waals surface area contributed by atoms with Gasteiger partial charge in [0.15, 0.2) is 11.5 Å². The molecule has 0 unspecified atom stereocenters. The lowest BCUT2D eigenvalue weighted by Crippen LogP contribution is -2.08. The molecule has 94 valence electrons. The van der Waals surface area contributed by atoms with Crippen LogP contribution in [0.3, 0.4) is 0 Å². The van der Waals surface area contributed by atoms with Crippen LogP contribution in [0.4, 0.5) is 0 Å². The molecule has 0 bridgehead atoms. The second-order valence-corrected chi connectivity index (χ2v) is 4.58. The summed E-state index contributed by atoms with van der Waals surface area (Å²) in [4.78, 5) is 11.1. The van der Waals surface area contributed by atoms with Crippen LogP contribution in [0.1, 0.15) is 0 Å². The van der Waals surface area contributed by atoms with E-state index in [4.69, 9.17) is 0 Å². The standard InChI is InChI=1S/C9H4O8S/c10-6-5-3(15-9(12)7(6)11)1-2-4-8(5)17-18(13,14)16-4/h1-2,10-11H. The molecule has 1 aliphatic heterocycles. The molecule has 18 heavy (non-hydrogen) atoms. The molecule has 0 atom stereocenters. The fourth-order valence-electron chi connectivity index (χ4n) is 1.60. The van der Waals surface area contributed by atoms with Crippen molar-refractivity contribution in [3.8, 4) is 23.0 Å². The second-order valence-electron chi connectivity index (χ2n) is 3.43. The molecule has 0 aliphatic carbocycles. The number of fused-ring (bicyclic) bond motifs is 3. The zero-order valence-electron chi connectivity index (χ0n) is 8.41. The molecule has 8 nitrogen and oxygen atoms in total. The maximum Gasteiger partial charge on any atom is 0.501 e. The molecule has 1 aliphatic rings. The third kappa shape index (κ3) is 1.31. The third-order valence-electron chi connectivity index (χ3n) is 2.32. The lowest BCUT2D eigenvalue weighted by Gasteiger charge is -2.03. The van der Waals surface area contributed by atoms with E-state index in [-0.39, 0.29) is 22.5 Å². The summed E-state index contributed by atoms with van der Waals surface area (Å²) in [6, 6.07) is 2.40. The summed E-state index contributed by atoms with van der Waals surface area (Å²) >= 11 is 0. The molecule has 0 saturated heterocycles. The molecule has 2 N–H and O–H groups in total. The summed E-state index contributed by atoms with van der Waals surface area (Å²) in [6.07, 6.45) is 0. The van der Waals surface area contributed by atoms with Gasteiger partial charge in [0.25, 0.3) is 0 Å². The number of rotatable bonds is 0. The van der Waals surface area contributed by atoms with Gasteiger partial charge >= 0.3 is 16.0 Å². The van der Waals surface area contributed by atoms with Crippen molar-refractivity contribution >= 4 is 21.4 Å². The first-order valence-electron chi connectivity index (χ1n) is 4.55. The summed E-state index contributed by atoms with van der Waals surface area (Å²) in [5, 5.41) is 18.6. The Morgan fingerprint density at radius 3 is 2.50 bits per heavy atom. The summed E-state index contributed by atoms with van der Waals surface area (Å²) in [6.45, 7) is 0. The van der Waals surface area contributed by atoms with Gasteiger partial charge in [0.1, 0.15) is 11.0 Å². The molecule has 1 aromatic heterocycles. The molecule has 0 radical (unpaired) electrons. The SMILES string of the molecule is O=c1oc2ccc3c(c2c(O)c1O)OS(=O)(=O)O3. The Morgan fingerprint density at radius 1 is 1.06 bits per heavy atom. The monoisotopic (exact) mass is 272 g/mol. The fraction of sp³-hybridized carbons (Fsp3) is 0. The Morgan fingerprint density at radius 2 is 1.78 bits per heavy atom. The Hall–Kier alpha value is -2.42. The van der Waals surface area contributed by atoms with Crippen LogP contribution >= 0.6 is 0 Å². The minimum atomic E-state index is -4.25. The first kappa shape index (κ1) is 10.7. The first-order chi connectivity index (χ1) is 8.39. The van der Waals surface area contributed by atoms with E-state index >= 15 is 0 Å². The number of benzene rings is 1. The average Bonchev–Trinajstić information content (AvgIpc) is 2.59. The lowest BCUT2D eigenvalue weighted by molar-refractivity contribution is 0.377. The van der Waals surface area contributed by atoms with Gasteiger partial charge in [-0.1, -0.05) is 0 Å². The van der Waals surface area contributed by atoms with Gasteiger partial charge in [0, 0.05) is 0 Å². The van der Waals surface area contributed by atoms with Gasteiger partial charge in [-0.15, -0.1) is 8.42 Å². The van der Waals surface area contributed by atoms with Crippen LogP contribution in [0.5, 0.6) is 23.0 Å². The van der Waals surface area contributed by atoms with E-state index in [9.17, 15) is 23.4 Å². The van der Waals surface area contributed by atoms with Crippen LogP contribution in [0.15, 0.2) is 21.3 Å². The van der Waals surface area contributed by atoms with E-state index in [1.165, 1.54) is 12.1 Å². The average molecular weight is 272 g/mol. The zero-order valence-corrected chi connectivity index (χ0v) is 9.22. The molecule has 2 heterocycles. The number of hydrogen-bond donors (Lipinski definition) is 2. The highest BCUT2D eigenvalue weighted by Gasteiger charge is 2.33.